The number of unbranched alkanes of at least 4 members (excludes halogenated alkanes) is 2. The van der Waals surface area contributed by atoms with Gasteiger partial charge in [0.05, 0.1) is 23.2 Å². The topological polar surface area (TPSA) is 156 Å². The average molecular weight is 773 g/mol. The van der Waals surface area contributed by atoms with Crippen LogP contribution in [0.5, 0.6) is 11.5 Å². The quantitative estimate of drug-likeness (QED) is 0.0508. The lowest BCUT2D eigenvalue weighted by molar-refractivity contribution is -0.384. The fraction of sp³-hybridized carbons (Fsp3) is 0.581. The number of nitrogens with zero attached hydrogens (tertiary/aromatic N) is 4. The zero-order valence-electron chi connectivity index (χ0n) is 32.4. The van der Waals surface area contributed by atoms with E-state index in [1.807, 2.05) is 24.1 Å². The van der Waals surface area contributed by atoms with E-state index in [0.717, 1.165) is 80.6 Å². The number of fused-ring (bicyclic) bond motifs is 2. The van der Waals surface area contributed by atoms with E-state index in [0.29, 0.717) is 37.3 Å². The summed E-state index contributed by atoms with van der Waals surface area (Å²) in [7, 11) is 1.84. The molecule has 0 radical (unpaired) electrons. The van der Waals surface area contributed by atoms with Crippen LogP contribution >= 0.6 is 0 Å². The summed E-state index contributed by atoms with van der Waals surface area (Å²) in [4.78, 5) is 35.0. The maximum Gasteiger partial charge on any atom is 0.269 e. The first-order chi connectivity index (χ1) is 27.3. The zero-order valence-corrected chi connectivity index (χ0v) is 32.4. The summed E-state index contributed by atoms with van der Waals surface area (Å²) in [6.07, 6.45) is 10.8. The van der Waals surface area contributed by atoms with Crippen molar-refractivity contribution in [3.05, 3.63) is 88.0 Å². The molecule has 13 nitrogen and oxygen atoms in total. The van der Waals surface area contributed by atoms with Crippen molar-refractivity contribution < 1.29 is 39.0 Å². The van der Waals surface area contributed by atoms with E-state index in [2.05, 4.69) is 23.6 Å². The maximum absolute atomic E-state index is 14.0. The van der Waals surface area contributed by atoms with Crippen molar-refractivity contribution in [1.82, 2.24) is 9.80 Å². The lowest BCUT2D eigenvalue weighted by Gasteiger charge is -2.59. The number of ether oxygens (including phenoxy) is 3. The second-order valence-electron chi connectivity index (χ2n) is 15.9. The van der Waals surface area contributed by atoms with Gasteiger partial charge in [0.15, 0.2) is 0 Å². The summed E-state index contributed by atoms with van der Waals surface area (Å²) in [6.45, 7) is 8.15. The molecule has 0 aromatic heterocycles. The van der Waals surface area contributed by atoms with Gasteiger partial charge >= 0.3 is 0 Å². The largest absolute Gasteiger partial charge is 0.492 e. The van der Waals surface area contributed by atoms with Crippen molar-refractivity contribution in [2.45, 2.75) is 82.1 Å². The molecule has 5 aliphatic rings. The van der Waals surface area contributed by atoms with Crippen LogP contribution in [0.3, 0.4) is 0 Å². The SMILES string of the molecule is C=CCO[C@@]12Oc3ccc(OCCN4CC4)cc3[C@H]3[C@H](CCCCO)[C@@H](CCCCO)C=C(C(=NOCc4ccc([N+](=O)[O-])cc4)C[C@@H]1N(C)C(=O)C1CC1)[C@H]32. The molecule has 2 saturated carbocycles. The van der Waals surface area contributed by atoms with Crippen LogP contribution in [0.2, 0.25) is 0 Å². The Hall–Kier alpha value is -4.30. The highest BCUT2D eigenvalue weighted by Crippen LogP contribution is 2.62. The van der Waals surface area contributed by atoms with E-state index in [4.69, 9.17) is 24.2 Å². The fourth-order valence-corrected chi connectivity index (χ4v) is 9.07. The van der Waals surface area contributed by atoms with E-state index >= 15 is 0 Å². The van der Waals surface area contributed by atoms with Gasteiger partial charge in [-0.05, 0) is 91.8 Å². The molecule has 1 amide bonds. The predicted octanol–water partition coefficient (Wildman–Crippen LogP) is 5.99. The molecule has 7 rings (SSSR count). The zero-order chi connectivity index (χ0) is 39.2. The van der Waals surface area contributed by atoms with Crippen LogP contribution in [0.15, 0.2) is 71.9 Å². The Morgan fingerprint density at radius 1 is 1.11 bits per heavy atom. The van der Waals surface area contributed by atoms with Gasteiger partial charge in [-0.2, -0.15) is 0 Å². The van der Waals surface area contributed by atoms with E-state index in [1.165, 1.54) is 12.1 Å². The molecular formula is C43H56N4O9. The number of amides is 1. The Bertz CT molecular complexity index is 1770. The normalized spacial score (nSPS) is 27.0. The number of non-ortho nitro benzene ring substituents is 1. The number of oxime groups is 1. The Kier molecular flexibility index (Phi) is 12.7. The molecule has 0 unspecified atom stereocenters. The summed E-state index contributed by atoms with van der Waals surface area (Å²) in [5.41, 5.74) is 3.42. The third-order valence-corrected chi connectivity index (χ3v) is 12.2. The monoisotopic (exact) mass is 772 g/mol. The molecule has 2 aromatic rings. The minimum absolute atomic E-state index is 0.000399. The van der Waals surface area contributed by atoms with E-state index in [-0.39, 0.29) is 61.7 Å². The molecule has 6 atom stereocenters. The number of nitro groups is 1. The van der Waals surface area contributed by atoms with E-state index < -0.39 is 22.7 Å². The summed E-state index contributed by atoms with van der Waals surface area (Å²) in [5, 5.41) is 35.8. The van der Waals surface area contributed by atoms with Gasteiger partial charge in [0.2, 0.25) is 11.7 Å². The highest BCUT2D eigenvalue weighted by molar-refractivity contribution is 6.03. The van der Waals surface area contributed by atoms with Crippen molar-refractivity contribution in [2.24, 2.45) is 28.8 Å². The van der Waals surface area contributed by atoms with Crippen LogP contribution in [0.1, 0.15) is 74.8 Å². The number of rotatable bonds is 21. The van der Waals surface area contributed by atoms with Crippen molar-refractivity contribution >= 4 is 17.3 Å². The molecule has 3 aliphatic carbocycles. The van der Waals surface area contributed by atoms with Gasteiger partial charge in [-0.15, -0.1) is 6.58 Å². The van der Waals surface area contributed by atoms with E-state index in [1.54, 1.807) is 18.2 Å². The Morgan fingerprint density at radius 2 is 1.86 bits per heavy atom. The molecule has 0 bridgehead atoms. The van der Waals surface area contributed by atoms with Gasteiger partial charge in [-0.1, -0.05) is 30.1 Å². The number of nitro benzene ring substituents is 1. The lowest BCUT2D eigenvalue weighted by Crippen LogP contribution is -2.69. The van der Waals surface area contributed by atoms with Crippen LogP contribution in [-0.4, -0.2) is 101 Å². The first kappa shape index (κ1) is 39.9. The van der Waals surface area contributed by atoms with Gasteiger partial charge in [0.25, 0.3) is 5.69 Å². The molecular weight excluding hydrogens is 716 g/mol. The number of allylic oxidation sites excluding steroid dienone is 1. The highest BCUT2D eigenvalue weighted by atomic mass is 16.7. The molecule has 302 valence electrons. The second-order valence-corrected chi connectivity index (χ2v) is 15.9. The van der Waals surface area contributed by atoms with Gasteiger partial charge in [0, 0.05) is 75.8 Å². The van der Waals surface area contributed by atoms with Crippen molar-refractivity contribution in [2.75, 3.05) is 53.1 Å². The van der Waals surface area contributed by atoms with Crippen molar-refractivity contribution in [1.29, 1.82) is 0 Å². The Balaban J connectivity index is 1.35. The smallest absolute Gasteiger partial charge is 0.269 e. The average Bonchev–Trinajstić information content (AvgIpc) is 4.15. The molecule has 2 heterocycles. The van der Waals surface area contributed by atoms with Crippen LogP contribution in [-0.2, 0) is 21.0 Å². The van der Waals surface area contributed by atoms with Crippen LogP contribution in [0.25, 0.3) is 0 Å². The predicted molar refractivity (Wildman–Crippen MR) is 210 cm³/mol. The van der Waals surface area contributed by atoms with Crippen LogP contribution in [0.4, 0.5) is 5.69 Å². The molecule has 2 N–H and O–H groups in total. The molecule has 13 heteroatoms. The standard InChI is InChI=1S/C43H56N4O9/c1-3-23-54-43-39(45(2)42(50)30-12-13-30)27-37(44-55-28-29-10-14-32(15-11-29)47(51)52)35-25-31(8-4-6-21-48)34(9-5-7-22-49)40(41(35)43)36-26-33(16-17-38(36)56-43)53-24-20-46-18-19-46/h3,10-11,14-17,25-26,30-31,34,39-41,48-49H,1,4-9,12-13,18-24,27-28H2,2H3/t31-,34+,39-,40+,41+,43+/m0/s1. The minimum Gasteiger partial charge on any atom is -0.492 e. The molecule has 2 aliphatic heterocycles. The molecule has 0 spiro atoms. The second kappa shape index (κ2) is 17.9. The number of hydrogen-bond acceptors (Lipinski definition) is 11. The van der Waals surface area contributed by atoms with Gasteiger partial charge in [0.1, 0.15) is 30.8 Å². The summed E-state index contributed by atoms with van der Waals surface area (Å²) in [5.74, 6) is -0.132. The van der Waals surface area contributed by atoms with E-state index in [9.17, 15) is 25.1 Å². The summed E-state index contributed by atoms with van der Waals surface area (Å²) >= 11 is 0. The van der Waals surface area contributed by atoms with Crippen molar-refractivity contribution in [3.63, 3.8) is 0 Å². The van der Waals surface area contributed by atoms with Gasteiger partial charge in [-0.25, -0.2) is 0 Å². The van der Waals surface area contributed by atoms with Gasteiger partial charge in [-0.3, -0.25) is 19.8 Å². The number of aliphatic hydroxyl groups is 2. The number of carbonyl (C=O) groups excluding carboxylic acids is 1. The van der Waals surface area contributed by atoms with Gasteiger partial charge < -0.3 is 34.2 Å². The molecule has 3 fully saturated rings. The summed E-state index contributed by atoms with van der Waals surface area (Å²) < 4.78 is 20.5. The number of carbonyl (C=O) groups is 1. The molecule has 56 heavy (non-hydrogen) atoms. The van der Waals surface area contributed by atoms with Crippen LogP contribution in [0, 0.1) is 33.8 Å². The first-order valence-electron chi connectivity index (χ1n) is 20.3. The molecule has 2 aromatic carbocycles. The first-order valence-corrected chi connectivity index (χ1v) is 20.3. The van der Waals surface area contributed by atoms with Crippen molar-refractivity contribution in [3.8, 4) is 11.5 Å². The highest BCUT2D eigenvalue weighted by Gasteiger charge is 2.65. The third kappa shape index (κ3) is 8.66. The minimum atomic E-state index is -1.29. The lowest BCUT2D eigenvalue weighted by atomic mass is 9.55. The maximum atomic E-state index is 14.0. The molecule has 1 saturated heterocycles. The summed E-state index contributed by atoms with van der Waals surface area (Å²) in [6, 6.07) is 11.7. The number of hydrogen-bond donors (Lipinski definition) is 2. The number of likely N-dealkylation sites (N-methyl/N-ethyl adjacent to an activating group) is 1. The Morgan fingerprint density at radius 3 is 2.54 bits per heavy atom. The fourth-order valence-electron chi connectivity index (χ4n) is 9.07. The third-order valence-electron chi connectivity index (χ3n) is 12.2. The number of aliphatic hydroxyl groups excluding tert-OH is 2. The number of benzene rings is 2. The van der Waals surface area contributed by atoms with Crippen LogP contribution < -0.4 is 9.47 Å². The Labute approximate surface area is 329 Å².